The maximum atomic E-state index is 5.87. The van der Waals surface area contributed by atoms with E-state index >= 15 is 0 Å². The summed E-state index contributed by atoms with van der Waals surface area (Å²) in [6, 6.07) is 22.0. The molecule has 0 radical (unpaired) electrons. The number of fused-ring (bicyclic) bond motifs is 1. The zero-order valence-corrected chi connectivity index (χ0v) is 13.8. The predicted molar refractivity (Wildman–Crippen MR) is 96.7 cm³/mol. The molecule has 0 saturated heterocycles. The molecule has 4 rings (SSSR count). The molecule has 3 aromatic carbocycles. The summed E-state index contributed by atoms with van der Waals surface area (Å²) in [6.07, 6.45) is 0. The largest absolute Gasteiger partial charge is 0.489 e. The monoisotopic (exact) mass is 333 g/mol. The van der Waals surface area contributed by atoms with E-state index in [-0.39, 0.29) is 6.79 Å². The molecule has 0 aliphatic carbocycles. The van der Waals surface area contributed by atoms with Gasteiger partial charge in [0.25, 0.3) is 0 Å². The third kappa shape index (κ3) is 3.30. The molecular weight excluding hydrogens is 314 g/mol. The number of ether oxygens (including phenoxy) is 3. The van der Waals surface area contributed by atoms with Crippen LogP contribution in [0.3, 0.4) is 0 Å². The highest BCUT2D eigenvalue weighted by Gasteiger charge is 2.20. The van der Waals surface area contributed by atoms with Crippen molar-refractivity contribution in [3.8, 4) is 28.4 Å². The highest BCUT2D eigenvalue weighted by molar-refractivity contribution is 5.75. The Morgan fingerprint density at radius 1 is 0.880 bits per heavy atom. The molecular formula is C21H19NO3. The molecule has 3 aromatic rings. The van der Waals surface area contributed by atoms with Crippen LogP contribution in [0, 0.1) is 0 Å². The summed E-state index contributed by atoms with van der Waals surface area (Å²) < 4.78 is 17.2. The van der Waals surface area contributed by atoms with Gasteiger partial charge in [0.1, 0.15) is 12.4 Å². The lowest BCUT2D eigenvalue weighted by Gasteiger charge is -2.12. The summed E-state index contributed by atoms with van der Waals surface area (Å²) in [5, 5.41) is 0. The lowest BCUT2D eigenvalue weighted by atomic mass is 9.99. The van der Waals surface area contributed by atoms with Crippen LogP contribution in [0.25, 0.3) is 11.1 Å². The van der Waals surface area contributed by atoms with Crippen LogP contribution < -0.4 is 19.9 Å². The second kappa shape index (κ2) is 6.87. The van der Waals surface area contributed by atoms with Gasteiger partial charge in [-0.1, -0.05) is 36.4 Å². The minimum atomic E-state index is 0.238. The molecule has 4 nitrogen and oxygen atoms in total. The lowest BCUT2D eigenvalue weighted by Crippen LogP contribution is -1.98. The molecule has 126 valence electrons. The second-order valence-corrected chi connectivity index (χ2v) is 5.88. The summed E-state index contributed by atoms with van der Waals surface area (Å²) in [6.45, 7) is 1.20. The molecule has 0 amide bonds. The van der Waals surface area contributed by atoms with Gasteiger partial charge in [-0.05, 0) is 47.0 Å². The van der Waals surface area contributed by atoms with Crippen molar-refractivity contribution in [2.45, 2.75) is 13.2 Å². The van der Waals surface area contributed by atoms with Crippen molar-refractivity contribution in [3.63, 3.8) is 0 Å². The van der Waals surface area contributed by atoms with Crippen LogP contribution in [0.15, 0.2) is 66.7 Å². The molecule has 1 aliphatic rings. The van der Waals surface area contributed by atoms with Crippen LogP contribution in [0.1, 0.15) is 11.1 Å². The van der Waals surface area contributed by atoms with Crippen molar-refractivity contribution in [2.24, 2.45) is 5.73 Å². The summed E-state index contributed by atoms with van der Waals surface area (Å²) in [5.41, 5.74) is 9.94. The SMILES string of the molecule is NCc1cccc(-c2cc(COc3ccccc3)cc3c2OCO3)c1. The van der Waals surface area contributed by atoms with E-state index in [1.54, 1.807) is 0 Å². The Bertz CT molecular complexity index is 878. The third-order valence-electron chi connectivity index (χ3n) is 4.15. The van der Waals surface area contributed by atoms with E-state index in [9.17, 15) is 0 Å². The average molecular weight is 333 g/mol. The van der Waals surface area contributed by atoms with Crippen molar-refractivity contribution < 1.29 is 14.2 Å². The first kappa shape index (κ1) is 15.5. The van der Waals surface area contributed by atoms with Gasteiger partial charge in [-0.2, -0.15) is 0 Å². The molecule has 1 heterocycles. The zero-order chi connectivity index (χ0) is 17.1. The summed E-state index contributed by atoms with van der Waals surface area (Å²) >= 11 is 0. The molecule has 0 saturated carbocycles. The van der Waals surface area contributed by atoms with Crippen LogP contribution in [0.5, 0.6) is 17.2 Å². The van der Waals surface area contributed by atoms with Crippen molar-refractivity contribution in [3.05, 3.63) is 77.9 Å². The fourth-order valence-electron chi connectivity index (χ4n) is 2.91. The quantitative estimate of drug-likeness (QED) is 0.763. The molecule has 2 N–H and O–H groups in total. The van der Waals surface area contributed by atoms with E-state index in [1.165, 1.54) is 0 Å². The number of rotatable bonds is 5. The molecule has 25 heavy (non-hydrogen) atoms. The smallest absolute Gasteiger partial charge is 0.231 e. The Hall–Kier alpha value is -2.98. The van der Waals surface area contributed by atoms with Crippen molar-refractivity contribution in [1.82, 2.24) is 0 Å². The van der Waals surface area contributed by atoms with Gasteiger partial charge in [-0.3, -0.25) is 0 Å². The average Bonchev–Trinajstić information content (AvgIpc) is 3.15. The van der Waals surface area contributed by atoms with Gasteiger partial charge < -0.3 is 19.9 Å². The van der Waals surface area contributed by atoms with Gasteiger partial charge in [0.15, 0.2) is 11.5 Å². The molecule has 0 bridgehead atoms. The van der Waals surface area contributed by atoms with Crippen LogP contribution >= 0.6 is 0 Å². The Morgan fingerprint density at radius 2 is 1.76 bits per heavy atom. The maximum Gasteiger partial charge on any atom is 0.231 e. The number of nitrogens with two attached hydrogens (primary N) is 1. The summed E-state index contributed by atoms with van der Waals surface area (Å²) in [4.78, 5) is 0. The fraction of sp³-hybridized carbons (Fsp3) is 0.143. The van der Waals surface area contributed by atoms with Gasteiger partial charge in [0.2, 0.25) is 6.79 Å². The highest BCUT2D eigenvalue weighted by atomic mass is 16.7. The van der Waals surface area contributed by atoms with Crippen LogP contribution in [-0.4, -0.2) is 6.79 Å². The van der Waals surface area contributed by atoms with Crippen molar-refractivity contribution in [2.75, 3.05) is 6.79 Å². The van der Waals surface area contributed by atoms with E-state index in [0.717, 1.165) is 39.5 Å². The first-order valence-corrected chi connectivity index (χ1v) is 8.23. The van der Waals surface area contributed by atoms with Gasteiger partial charge in [0, 0.05) is 12.1 Å². The third-order valence-corrected chi connectivity index (χ3v) is 4.15. The number of hydrogen-bond acceptors (Lipinski definition) is 4. The Kier molecular flexibility index (Phi) is 4.27. The molecule has 1 aliphatic heterocycles. The minimum absolute atomic E-state index is 0.238. The maximum absolute atomic E-state index is 5.87. The number of benzene rings is 3. The molecule has 0 unspecified atom stereocenters. The van der Waals surface area contributed by atoms with Gasteiger partial charge in [-0.15, -0.1) is 0 Å². The molecule has 0 spiro atoms. The highest BCUT2D eigenvalue weighted by Crippen LogP contribution is 2.42. The Morgan fingerprint density at radius 3 is 2.60 bits per heavy atom. The van der Waals surface area contributed by atoms with Crippen LogP contribution in [-0.2, 0) is 13.2 Å². The second-order valence-electron chi connectivity index (χ2n) is 5.88. The first-order chi connectivity index (χ1) is 12.3. The first-order valence-electron chi connectivity index (χ1n) is 8.23. The lowest BCUT2D eigenvalue weighted by molar-refractivity contribution is 0.174. The Labute approximate surface area is 146 Å². The standard InChI is InChI=1S/C21H19NO3/c22-12-15-5-4-6-17(9-15)19-10-16(11-20-21(19)25-14-24-20)13-23-18-7-2-1-3-8-18/h1-11H,12-14,22H2. The van der Waals surface area contributed by atoms with E-state index < -0.39 is 0 Å². The van der Waals surface area contributed by atoms with Crippen LogP contribution in [0.4, 0.5) is 0 Å². The van der Waals surface area contributed by atoms with Gasteiger partial charge in [0.05, 0.1) is 0 Å². The number of para-hydroxylation sites is 1. The van der Waals surface area contributed by atoms with E-state index in [0.29, 0.717) is 13.2 Å². The van der Waals surface area contributed by atoms with E-state index in [4.69, 9.17) is 19.9 Å². The predicted octanol–water partition coefficient (Wildman–Crippen LogP) is 4.12. The molecule has 0 fully saturated rings. The Balaban J connectivity index is 1.67. The van der Waals surface area contributed by atoms with E-state index in [1.807, 2.05) is 48.5 Å². The van der Waals surface area contributed by atoms with Crippen LogP contribution in [0.2, 0.25) is 0 Å². The normalized spacial score (nSPS) is 12.2. The minimum Gasteiger partial charge on any atom is -0.489 e. The zero-order valence-electron chi connectivity index (χ0n) is 13.8. The van der Waals surface area contributed by atoms with Crippen molar-refractivity contribution >= 4 is 0 Å². The molecule has 4 heteroatoms. The van der Waals surface area contributed by atoms with E-state index in [2.05, 4.69) is 18.2 Å². The topological polar surface area (TPSA) is 53.7 Å². The molecule has 0 atom stereocenters. The summed E-state index contributed by atoms with van der Waals surface area (Å²) in [7, 11) is 0. The summed E-state index contributed by atoms with van der Waals surface area (Å²) in [5.74, 6) is 2.37. The van der Waals surface area contributed by atoms with Gasteiger partial charge >= 0.3 is 0 Å². The van der Waals surface area contributed by atoms with Gasteiger partial charge in [-0.25, -0.2) is 0 Å². The number of hydrogen-bond donors (Lipinski definition) is 1. The fourth-order valence-corrected chi connectivity index (χ4v) is 2.91. The van der Waals surface area contributed by atoms with Crippen molar-refractivity contribution in [1.29, 1.82) is 0 Å². The molecule has 0 aromatic heterocycles.